The molecule has 5 nitrogen and oxygen atoms in total. The molecule has 0 N–H and O–H groups in total. The molecule has 0 aliphatic carbocycles. The molecule has 0 amide bonds. The van der Waals surface area contributed by atoms with Gasteiger partial charge in [-0.25, -0.2) is 4.79 Å². The molecule has 0 fully saturated rings. The molecule has 0 spiro atoms. The van der Waals surface area contributed by atoms with Crippen molar-refractivity contribution in [3.8, 4) is 0 Å². The summed E-state index contributed by atoms with van der Waals surface area (Å²) in [6, 6.07) is 13.7. The van der Waals surface area contributed by atoms with E-state index in [1.165, 1.54) is 20.1 Å². The highest BCUT2D eigenvalue weighted by molar-refractivity contribution is 6.31. The Hall–Kier alpha value is -2.63. The Morgan fingerprint density at radius 3 is 2.65 bits per heavy atom. The average molecular weight is 373 g/mol. The van der Waals surface area contributed by atoms with E-state index in [1.807, 2.05) is 18.2 Å². The number of hydrogen-bond acceptors (Lipinski definition) is 5. The van der Waals surface area contributed by atoms with E-state index in [1.54, 1.807) is 24.3 Å². The Morgan fingerprint density at radius 2 is 1.92 bits per heavy atom. The van der Waals surface area contributed by atoms with Crippen LogP contribution >= 0.6 is 11.6 Å². The zero-order chi connectivity index (χ0) is 18.7. The van der Waals surface area contributed by atoms with Crippen molar-refractivity contribution in [3.63, 3.8) is 0 Å². The Balaban J connectivity index is 1.84. The maximum absolute atomic E-state index is 12.6. The van der Waals surface area contributed by atoms with Gasteiger partial charge in [-0.05, 0) is 25.1 Å². The highest BCUT2D eigenvalue weighted by Crippen LogP contribution is 2.27. The van der Waals surface area contributed by atoms with Gasteiger partial charge in [0.1, 0.15) is 5.58 Å². The molecule has 26 heavy (non-hydrogen) atoms. The Morgan fingerprint density at radius 1 is 1.15 bits per heavy atom. The zero-order valence-corrected chi connectivity index (χ0v) is 15.1. The van der Waals surface area contributed by atoms with Crippen LogP contribution in [0.4, 0.5) is 0 Å². The van der Waals surface area contributed by atoms with Gasteiger partial charge in [-0.2, -0.15) is 0 Å². The maximum Gasteiger partial charge on any atom is 0.375 e. The maximum atomic E-state index is 12.6. The molecule has 1 heterocycles. The molecule has 2 aromatic carbocycles. The third-order valence-electron chi connectivity index (χ3n) is 3.93. The van der Waals surface area contributed by atoms with Crippen molar-refractivity contribution >= 4 is 34.3 Å². The summed E-state index contributed by atoms with van der Waals surface area (Å²) in [4.78, 5) is 25.0. The molecule has 0 aliphatic rings. The van der Waals surface area contributed by atoms with Crippen LogP contribution in [0.15, 0.2) is 52.9 Å². The van der Waals surface area contributed by atoms with E-state index in [0.717, 1.165) is 5.39 Å². The van der Waals surface area contributed by atoms with Crippen molar-refractivity contribution in [2.75, 3.05) is 7.11 Å². The normalized spacial score (nSPS) is 12.1. The molecule has 0 aliphatic heterocycles. The molecule has 3 aromatic rings. The fraction of sp³-hybridized carbons (Fsp3) is 0.200. The number of para-hydroxylation sites is 1. The molecule has 134 valence electrons. The van der Waals surface area contributed by atoms with E-state index >= 15 is 0 Å². The smallest absolute Gasteiger partial charge is 0.375 e. The van der Waals surface area contributed by atoms with Gasteiger partial charge >= 0.3 is 5.97 Å². The van der Waals surface area contributed by atoms with E-state index < -0.39 is 12.1 Å². The molecule has 0 radical (unpaired) electrons. The summed E-state index contributed by atoms with van der Waals surface area (Å²) < 4.78 is 16.1. The number of carbonyl (C=O) groups is 2. The van der Waals surface area contributed by atoms with Crippen LogP contribution in [0.1, 0.15) is 33.4 Å². The molecule has 1 aromatic heterocycles. The molecular weight excluding hydrogens is 356 g/mol. The third kappa shape index (κ3) is 3.64. The fourth-order valence-corrected chi connectivity index (χ4v) is 2.89. The van der Waals surface area contributed by atoms with Gasteiger partial charge in [0, 0.05) is 28.6 Å². The first-order valence-electron chi connectivity index (χ1n) is 8.01. The monoisotopic (exact) mass is 372 g/mol. The lowest BCUT2D eigenvalue weighted by molar-refractivity contribution is 0.0287. The first-order valence-corrected chi connectivity index (χ1v) is 8.39. The first kappa shape index (κ1) is 18.2. The molecule has 1 atom stereocenters. The summed E-state index contributed by atoms with van der Waals surface area (Å²) in [5, 5.41) is 1.21. The quantitative estimate of drug-likeness (QED) is 0.465. The third-order valence-corrected chi connectivity index (χ3v) is 4.17. The number of halogens is 1. The van der Waals surface area contributed by atoms with Crippen molar-refractivity contribution in [1.82, 2.24) is 0 Å². The van der Waals surface area contributed by atoms with Crippen LogP contribution in [0.5, 0.6) is 0 Å². The molecule has 0 saturated carbocycles. The number of benzene rings is 2. The van der Waals surface area contributed by atoms with E-state index in [0.29, 0.717) is 21.7 Å². The summed E-state index contributed by atoms with van der Waals surface area (Å²) in [6.45, 7) is 1.71. The van der Waals surface area contributed by atoms with E-state index in [2.05, 4.69) is 0 Å². The fourth-order valence-electron chi connectivity index (χ4n) is 2.70. The molecule has 6 heteroatoms. The first-order chi connectivity index (χ1) is 12.5. The minimum absolute atomic E-state index is 0.0406. The number of ether oxygens (including phenoxy) is 2. The Labute approximate surface area is 155 Å². The van der Waals surface area contributed by atoms with E-state index in [-0.39, 0.29) is 18.2 Å². The van der Waals surface area contributed by atoms with Gasteiger partial charge in [0.05, 0.1) is 6.61 Å². The van der Waals surface area contributed by atoms with Crippen molar-refractivity contribution in [1.29, 1.82) is 0 Å². The summed E-state index contributed by atoms with van der Waals surface area (Å²) in [7, 11) is 1.53. The number of methoxy groups -OCH3 is 1. The number of carbonyl (C=O) groups excluding carboxylic acids is 2. The van der Waals surface area contributed by atoms with Gasteiger partial charge in [-0.15, -0.1) is 0 Å². The number of furan rings is 1. The van der Waals surface area contributed by atoms with Gasteiger partial charge in [0.25, 0.3) is 0 Å². The number of esters is 1. The molecule has 0 saturated heterocycles. The molecular formula is C20H17ClO5. The van der Waals surface area contributed by atoms with Crippen LogP contribution < -0.4 is 0 Å². The topological polar surface area (TPSA) is 65.7 Å². The molecule has 3 rings (SSSR count). The summed E-state index contributed by atoms with van der Waals surface area (Å²) >= 11 is 5.91. The van der Waals surface area contributed by atoms with Crippen LogP contribution in [-0.4, -0.2) is 25.0 Å². The summed E-state index contributed by atoms with van der Waals surface area (Å²) in [6.07, 6.45) is -0.982. The second-order valence-electron chi connectivity index (χ2n) is 5.76. The zero-order valence-electron chi connectivity index (χ0n) is 14.3. The summed E-state index contributed by atoms with van der Waals surface area (Å²) in [5.41, 5.74) is 1.52. The van der Waals surface area contributed by atoms with Crippen molar-refractivity contribution < 1.29 is 23.5 Å². The predicted molar refractivity (Wildman–Crippen MR) is 97.6 cm³/mol. The van der Waals surface area contributed by atoms with Crippen LogP contribution in [0, 0.1) is 0 Å². The lowest BCUT2D eigenvalue weighted by atomic mass is 10.1. The lowest BCUT2D eigenvalue weighted by Gasteiger charge is -2.12. The average Bonchev–Trinajstić information content (AvgIpc) is 3.00. The van der Waals surface area contributed by atoms with Gasteiger partial charge in [0.2, 0.25) is 11.5 Å². The number of fused-ring (bicyclic) bond motifs is 1. The van der Waals surface area contributed by atoms with Crippen molar-refractivity contribution in [2.45, 2.75) is 19.6 Å². The number of hydrogen-bond donors (Lipinski definition) is 0. The van der Waals surface area contributed by atoms with Crippen LogP contribution in [0.2, 0.25) is 5.02 Å². The standard InChI is InChI=1S/C20H17ClO5/c1-12(18(22)13-6-5-7-14(21)10-13)25-20(23)19-16(11-24-2)15-8-3-4-9-17(15)26-19/h3-10,12H,11H2,1-2H3. The van der Waals surface area contributed by atoms with Gasteiger partial charge in [0.15, 0.2) is 6.10 Å². The van der Waals surface area contributed by atoms with Crippen LogP contribution in [0.3, 0.4) is 0 Å². The van der Waals surface area contributed by atoms with Crippen LogP contribution in [0.25, 0.3) is 11.0 Å². The number of rotatable bonds is 6. The Kier molecular flexibility index (Phi) is 5.40. The minimum Gasteiger partial charge on any atom is -0.449 e. The van der Waals surface area contributed by atoms with Gasteiger partial charge in [-0.1, -0.05) is 41.9 Å². The Bertz CT molecular complexity index is 960. The van der Waals surface area contributed by atoms with Crippen molar-refractivity contribution in [2.24, 2.45) is 0 Å². The van der Waals surface area contributed by atoms with E-state index in [4.69, 9.17) is 25.5 Å². The van der Waals surface area contributed by atoms with Gasteiger partial charge in [-0.3, -0.25) is 4.79 Å². The second-order valence-corrected chi connectivity index (χ2v) is 6.20. The molecule has 1 unspecified atom stereocenters. The minimum atomic E-state index is -0.982. The predicted octanol–water partition coefficient (Wildman–Crippen LogP) is 4.66. The second kappa shape index (κ2) is 7.72. The highest BCUT2D eigenvalue weighted by atomic mass is 35.5. The number of Topliss-reactive ketones (excluding diaryl/α,β-unsaturated/α-hetero) is 1. The summed E-state index contributed by atoms with van der Waals surface area (Å²) in [5.74, 6) is -1.01. The molecule has 0 bridgehead atoms. The highest BCUT2D eigenvalue weighted by Gasteiger charge is 2.26. The SMILES string of the molecule is COCc1c(C(=O)OC(C)C(=O)c2cccc(Cl)c2)oc2ccccc12. The van der Waals surface area contributed by atoms with E-state index in [9.17, 15) is 9.59 Å². The largest absolute Gasteiger partial charge is 0.449 e. The number of ketones is 1. The lowest BCUT2D eigenvalue weighted by Crippen LogP contribution is -2.24. The van der Waals surface area contributed by atoms with Crippen LogP contribution in [-0.2, 0) is 16.1 Å². The van der Waals surface area contributed by atoms with Gasteiger partial charge < -0.3 is 13.9 Å². The van der Waals surface area contributed by atoms with Crippen molar-refractivity contribution in [3.05, 3.63) is 70.4 Å².